The van der Waals surface area contributed by atoms with E-state index in [1.807, 2.05) is 24.3 Å². The molecule has 0 spiro atoms. The quantitative estimate of drug-likeness (QED) is 0.565. The highest BCUT2D eigenvalue weighted by atomic mass is 16.5. The average Bonchev–Trinajstić information content (AvgIpc) is 3.28. The van der Waals surface area contributed by atoms with E-state index in [1.54, 1.807) is 30.3 Å². The first-order chi connectivity index (χ1) is 14.5. The summed E-state index contributed by atoms with van der Waals surface area (Å²) in [7, 11) is 1.48. The van der Waals surface area contributed by atoms with Gasteiger partial charge >= 0.3 is 0 Å². The Morgan fingerprint density at radius 1 is 1.03 bits per heavy atom. The van der Waals surface area contributed by atoms with E-state index in [4.69, 9.17) is 13.9 Å². The van der Waals surface area contributed by atoms with Crippen molar-refractivity contribution in [3.8, 4) is 11.5 Å². The number of amides is 2. The molecule has 2 aromatic carbocycles. The molecule has 3 aromatic rings. The lowest BCUT2D eigenvalue weighted by Crippen LogP contribution is -2.20. The largest absolute Gasteiger partial charge is 0.494 e. The number of hydrogen-bond donors (Lipinski definition) is 2. The van der Waals surface area contributed by atoms with Crippen molar-refractivity contribution in [1.82, 2.24) is 0 Å². The predicted octanol–water partition coefficient (Wildman–Crippen LogP) is 4.68. The van der Waals surface area contributed by atoms with Gasteiger partial charge in [-0.1, -0.05) is 26.0 Å². The number of nitrogens with one attached hydrogen (secondary N) is 2. The molecule has 3 rings (SSSR count). The molecule has 156 valence electrons. The number of benzene rings is 2. The third-order valence-corrected chi connectivity index (χ3v) is 4.40. The van der Waals surface area contributed by atoms with Crippen molar-refractivity contribution in [1.29, 1.82) is 0 Å². The van der Waals surface area contributed by atoms with E-state index in [1.165, 1.54) is 18.9 Å². The molecule has 2 amide bonds. The molecule has 30 heavy (non-hydrogen) atoms. The van der Waals surface area contributed by atoms with E-state index in [0.29, 0.717) is 28.8 Å². The number of ether oxygens (including phenoxy) is 2. The SMILES string of the molecule is COc1cc(NC(=O)COc2ccc(C(C)C)cc2)ccc1NC(=O)c1ccco1. The number of anilines is 2. The fourth-order valence-corrected chi connectivity index (χ4v) is 2.76. The second kappa shape index (κ2) is 9.65. The molecule has 7 heteroatoms. The molecule has 0 radical (unpaired) electrons. The topological polar surface area (TPSA) is 89.8 Å². The molecule has 0 aliphatic carbocycles. The van der Waals surface area contributed by atoms with Crippen molar-refractivity contribution in [2.45, 2.75) is 19.8 Å². The Hall–Kier alpha value is -3.74. The third-order valence-electron chi connectivity index (χ3n) is 4.40. The van der Waals surface area contributed by atoms with Gasteiger partial charge in [0.1, 0.15) is 11.5 Å². The first kappa shape index (κ1) is 21.0. The van der Waals surface area contributed by atoms with Crippen LogP contribution in [0, 0.1) is 0 Å². The minimum Gasteiger partial charge on any atom is -0.494 e. The summed E-state index contributed by atoms with van der Waals surface area (Å²) in [5, 5.41) is 5.46. The summed E-state index contributed by atoms with van der Waals surface area (Å²) in [6.07, 6.45) is 1.42. The van der Waals surface area contributed by atoms with Gasteiger partial charge in [-0.25, -0.2) is 0 Å². The van der Waals surface area contributed by atoms with Crippen molar-refractivity contribution in [2.24, 2.45) is 0 Å². The van der Waals surface area contributed by atoms with Crippen LogP contribution in [0.2, 0.25) is 0 Å². The molecular formula is C23H24N2O5. The molecule has 7 nitrogen and oxygen atoms in total. The van der Waals surface area contributed by atoms with Gasteiger partial charge in [0.2, 0.25) is 0 Å². The first-order valence-corrected chi connectivity index (χ1v) is 9.51. The molecular weight excluding hydrogens is 384 g/mol. The van der Waals surface area contributed by atoms with Crippen LogP contribution < -0.4 is 20.1 Å². The smallest absolute Gasteiger partial charge is 0.291 e. The van der Waals surface area contributed by atoms with Gasteiger partial charge in [0.05, 0.1) is 19.1 Å². The fraction of sp³-hybridized carbons (Fsp3) is 0.217. The minimum absolute atomic E-state index is 0.125. The zero-order valence-corrected chi connectivity index (χ0v) is 17.1. The molecule has 0 unspecified atom stereocenters. The van der Waals surface area contributed by atoms with E-state index in [0.717, 1.165) is 0 Å². The number of furan rings is 1. The van der Waals surface area contributed by atoms with Crippen LogP contribution in [0.15, 0.2) is 65.3 Å². The normalized spacial score (nSPS) is 10.5. The van der Waals surface area contributed by atoms with Crippen LogP contribution in [-0.4, -0.2) is 25.5 Å². The van der Waals surface area contributed by atoms with E-state index in [-0.39, 0.29) is 18.3 Å². The molecule has 0 fully saturated rings. The van der Waals surface area contributed by atoms with Crippen molar-refractivity contribution < 1.29 is 23.5 Å². The Morgan fingerprint density at radius 3 is 2.43 bits per heavy atom. The summed E-state index contributed by atoms with van der Waals surface area (Å²) in [5.41, 5.74) is 2.18. The Balaban J connectivity index is 1.57. The highest BCUT2D eigenvalue weighted by molar-refractivity contribution is 6.03. The maximum Gasteiger partial charge on any atom is 0.291 e. The van der Waals surface area contributed by atoms with Gasteiger partial charge in [0, 0.05) is 11.8 Å². The molecule has 0 saturated heterocycles. The second-order valence-corrected chi connectivity index (χ2v) is 6.91. The van der Waals surface area contributed by atoms with Crippen LogP contribution in [0.25, 0.3) is 0 Å². The summed E-state index contributed by atoms with van der Waals surface area (Å²) < 4.78 is 15.9. The van der Waals surface area contributed by atoms with Gasteiger partial charge in [-0.3, -0.25) is 9.59 Å². The van der Waals surface area contributed by atoms with Crippen molar-refractivity contribution >= 4 is 23.2 Å². The van der Waals surface area contributed by atoms with Gasteiger partial charge in [-0.05, 0) is 47.9 Å². The number of hydrogen-bond acceptors (Lipinski definition) is 5. The number of carbonyl (C=O) groups is 2. The molecule has 2 N–H and O–H groups in total. The van der Waals surface area contributed by atoms with E-state index < -0.39 is 5.91 Å². The maximum atomic E-state index is 12.2. The molecule has 0 atom stereocenters. The summed E-state index contributed by atoms with van der Waals surface area (Å²) in [4.78, 5) is 24.4. The predicted molar refractivity (Wildman–Crippen MR) is 114 cm³/mol. The van der Waals surface area contributed by atoms with Crippen LogP contribution >= 0.6 is 0 Å². The molecule has 1 aromatic heterocycles. The molecule has 0 saturated carbocycles. The summed E-state index contributed by atoms with van der Waals surface area (Å²) in [6, 6.07) is 15.8. The van der Waals surface area contributed by atoms with Gasteiger partial charge in [-0.2, -0.15) is 0 Å². The summed E-state index contributed by atoms with van der Waals surface area (Å²) in [6.45, 7) is 4.11. The number of carbonyl (C=O) groups excluding carboxylic acids is 2. The van der Waals surface area contributed by atoms with E-state index >= 15 is 0 Å². The van der Waals surface area contributed by atoms with Crippen LogP contribution in [0.3, 0.4) is 0 Å². The Labute approximate surface area is 175 Å². The van der Waals surface area contributed by atoms with Gasteiger partial charge in [0.15, 0.2) is 12.4 Å². The van der Waals surface area contributed by atoms with E-state index in [9.17, 15) is 9.59 Å². The zero-order chi connectivity index (χ0) is 21.5. The van der Waals surface area contributed by atoms with Gasteiger partial charge < -0.3 is 24.5 Å². The molecule has 0 aliphatic rings. The second-order valence-electron chi connectivity index (χ2n) is 6.91. The number of rotatable bonds is 8. The highest BCUT2D eigenvalue weighted by Gasteiger charge is 2.13. The summed E-state index contributed by atoms with van der Waals surface area (Å²) >= 11 is 0. The highest BCUT2D eigenvalue weighted by Crippen LogP contribution is 2.28. The van der Waals surface area contributed by atoms with Crippen molar-refractivity contribution in [3.05, 3.63) is 72.2 Å². The van der Waals surface area contributed by atoms with Crippen LogP contribution in [0.4, 0.5) is 11.4 Å². The lowest BCUT2D eigenvalue weighted by Gasteiger charge is -2.13. The maximum absolute atomic E-state index is 12.2. The lowest BCUT2D eigenvalue weighted by atomic mass is 10.0. The van der Waals surface area contributed by atoms with Crippen molar-refractivity contribution in [3.63, 3.8) is 0 Å². The molecule has 0 bridgehead atoms. The lowest BCUT2D eigenvalue weighted by molar-refractivity contribution is -0.118. The van der Waals surface area contributed by atoms with Gasteiger partial charge in [-0.15, -0.1) is 0 Å². The Morgan fingerprint density at radius 2 is 1.80 bits per heavy atom. The standard InChI is InChI=1S/C23H24N2O5/c1-15(2)16-6-9-18(10-7-16)30-14-22(26)24-17-8-11-19(21(13-17)28-3)25-23(27)20-5-4-12-29-20/h4-13,15H,14H2,1-3H3,(H,24,26)(H,25,27). The monoisotopic (exact) mass is 408 g/mol. The minimum atomic E-state index is -0.396. The van der Waals surface area contributed by atoms with E-state index in [2.05, 4.69) is 24.5 Å². The fourth-order valence-electron chi connectivity index (χ4n) is 2.76. The Bertz CT molecular complexity index is 995. The summed E-state index contributed by atoms with van der Waals surface area (Å²) in [5.74, 6) is 0.947. The van der Waals surface area contributed by atoms with Gasteiger partial charge in [0.25, 0.3) is 11.8 Å². The van der Waals surface area contributed by atoms with Crippen LogP contribution in [0.5, 0.6) is 11.5 Å². The third kappa shape index (κ3) is 5.41. The molecule has 1 heterocycles. The number of methoxy groups -OCH3 is 1. The molecule has 0 aliphatic heterocycles. The zero-order valence-electron chi connectivity index (χ0n) is 17.1. The Kier molecular flexibility index (Phi) is 6.75. The van der Waals surface area contributed by atoms with Crippen LogP contribution in [0.1, 0.15) is 35.9 Å². The average molecular weight is 408 g/mol. The van der Waals surface area contributed by atoms with Crippen LogP contribution in [-0.2, 0) is 4.79 Å². The van der Waals surface area contributed by atoms with Crippen molar-refractivity contribution in [2.75, 3.05) is 24.4 Å². The first-order valence-electron chi connectivity index (χ1n) is 9.51.